The number of carbonyl (C=O) groups excluding carboxylic acids is 1. The zero-order chi connectivity index (χ0) is 13.4. The van der Waals surface area contributed by atoms with Gasteiger partial charge in [0.25, 0.3) is 0 Å². The van der Waals surface area contributed by atoms with Crippen LogP contribution in [0.4, 0.5) is 5.82 Å². The monoisotopic (exact) mass is 273 g/mol. The smallest absolute Gasteiger partial charge is 0.156 e. The molecule has 0 aliphatic heterocycles. The van der Waals surface area contributed by atoms with Gasteiger partial charge in [-0.2, -0.15) is 0 Å². The van der Waals surface area contributed by atoms with E-state index in [0.29, 0.717) is 38.4 Å². The van der Waals surface area contributed by atoms with Crippen molar-refractivity contribution >= 4 is 23.7 Å². The first-order valence-electron chi connectivity index (χ1n) is 5.43. The van der Waals surface area contributed by atoms with Crippen LogP contribution in [0.5, 0.6) is 0 Å². The zero-order valence-corrected chi connectivity index (χ0v) is 11.2. The number of aldehydes is 1. The standard InChI is InChI=1S/C11H16ClN3O3/c1-17-5-3-15(4-6-18-2)11-9(7-16)10(12)13-8-14-11/h7-8H,3-6H2,1-2H3. The molecular formula is C11H16ClN3O3. The molecule has 0 saturated heterocycles. The van der Waals surface area contributed by atoms with E-state index in [-0.39, 0.29) is 10.7 Å². The number of anilines is 1. The van der Waals surface area contributed by atoms with E-state index in [4.69, 9.17) is 21.1 Å². The maximum absolute atomic E-state index is 11.0. The van der Waals surface area contributed by atoms with Gasteiger partial charge in [-0.15, -0.1) is 0 Å². The van der Waals surface area contributed by atoms with E-state index in [1.807, 2.05) is 4.90 Å². The molecule has 0 saturated carbocycles. The quantitative estimate of drug-likeness (QED) is 0.521. The first kappa shape index (κ1) is 14.8. The molecule has 1 rings (SSSR count). The van der Waals surface area contributed by atoms with Gasteiger partial charge in [-0.05, 0) is 0 Å². The second-order valence-electron chi connectivity index (χ2n) is 3.49. The summed E-state index contributed by atoms with van der Waals surface area (Å²) in [6.07, 6.45) is 1.99. The number of hydrogen-bond acceptors (Lipinski definition) is 6. The molecule has 0 radical (unpaired) electrons. The Kier molecular flexibility index (Phi) is 6.56. The average molecular weight is 274 g/mol. The molecule has 0 N–H and O–H groups in total. The lowest BCUT2D eigenvalue weighted by atomic mass is 10.3. The number of rotatable bonds is 8. The van der Waals surface area contributed by atoms with E-state index in [9.17, 15) is 4.79 Å². The zero-order valence-electron chi connectivity index (χ0n) is 10.4. The molecule has 0 atom stereocenters. The Morgan fingerprint density at radius 3 is 2.39 bits per heavy atom. The van der Waals surface area contributed by atoms with Gasteiger partial charge in [0, 0.05) is 27.3 Å². The van der Waals surface area contributed by atoms with Gasteiger partial charge in [0.05, 0.1) is 18.8 Å². The first-order chi connectivity index (χ1) is 8.74. The van der Waals surface area contributed by atoms with Crippen molar-refractivity contribution in [1.82, 2.24) is 9.97 Å². The molecule has 1 aromatic heterocycles. The SMILES string of the molecule is COCCN(CCOC)c1ncnc(Cl)c1C=O. The van der Waals surface area contributed by atoms with Crippen molar-refractivity contribution < 1.29 is 14.3 Å². The van der Waals surface area contributed by atoms with E-state index in [1.54, 1.807) is 14.2 Å². The summed E-state index contributed by atoms with van der Waals surface area (Å²) in [5.41, 5.74) is 0.284. The lowest BCUT2D eigenvalue weighted by Gasteiger charge is -2.24. The molecule has 0 aliphatic carbocycles. The minimum absolute atomic E-state index is 0.148. The van der Waals surface area contributed by atoms with Gasteiger partial charge < -0.3 is 14.4 Å². The third-order valence-electron chi connectivity index (χ3n) is 2.36. The molecule has 0 aliphatic rings. The van der Waals surface area contributed by atoms with E-state index < -0.39 is 0 Å². The largest absolute Gasteiger partial charge is 0.383 e. The lowest BCUT2D eigenvalue weighted by molar-refractivity contribution is 0.112. The summed E-state index contributed by atoms with van der Waals surface area (Å²) < 4.78 is 10.1. The van der Waals surface area contributed by atoms with Gasteiger partial charge in [-0.1, -0.05) is 11.6 Å². The molecule has 1 aromatic rings. The third-order valence-corrected chi connectivity index (χ3v) is 2.66. The predicted octanol–water partition coefficient (Wildman–Crippen LogP) is 1.04. The molecule has 0 unspecified atom stereocenters. The number of carbonyl (C=O) groups is 1. The Morgan fingerprint density at radius 2 is 1.89 bits per heavy atom. The van der Waals surface area contributed by atoms with E-state index >= 15 is 0 Å². The topological polar surface area (TPSA) is 64.6 Å². The fraction of sp³-hybridized carbons (Fsp3) is 0.545. The van der Waals surface area contributed by atoms with Crippen molar-refractivity contribution in [1.29, 1.82) is 0 Å². The molecule has 18 heavy (non-hydrogen) atoms. The minimum atomic E-state index is 0.148. The Labute approximate surface area is 111 Å². The highest BCUT2D eigenvalue weighted by molar-refractivity contribution is 6.32. The van der Waals surface area contributed by atoms with Crippen LogP contribution in [0.25, 0.3) is 0 Å². The van der Waals surface area contributed by atoms with E-state index in [2.05, 4.69) is 9.97 Å². The highest BCUT2D eigenvalue weighted by atomic mass is 35.5. The van der Waals surface area contributed by atoms with Gasteiger partial charge >= 0.3 is 0 Å². The maximum atomic E-state index is 11.0. The van der Waals surface area contributed by atoms with Crippen LogP contribution in [0, 0.1) is 0 Å². The summed E-state index contributed by atoms with van der Waals surface area (Å²) >= 11 is 5.87. The van der Waals surface area contributed by atoms with Crippen molar-refractivity contribution in [2.75, 3.05) is 45.4 Å². The van der Waals surface area contributed by atoms with Crippen LogP contribution in [0.15, 0.2) is 6.33 Å². The van der Waals surface area contributed by atoms with Gasteiger partial charge in [-0.3, -0.25) is 4.79 Å². The summed E-state index contributed by atoms with van der Waals surface area (Å²) in [5, 5.41) is 0.148. The van der Waals surface area contributed by atoms with E-state index in [0.717, 1.165) is 0 Å². The maximum Gasteiger partial charge on any atom is 0.156 e. The second kappa shape index (κ2) is 7.97. The number of hydrogen-bond donors (Lipinski definition) is 0. The first-order valence-corrected chi connectivity index (χ1v) is 5.80. The highest BCUT2D eigenvalue weighted by Gasteiger charge is 2.15. The Hall–Kier alpha value is -1.24. The molecular weight excluding hydrogens is 258 g/mol. The van der Waals surface area contributed by atoms with Crippen LogP contribution in [-0.2, 0) is 9.47 Å². The fourth-order valence-corrected chi connectivity index (χ4v) is 1.62. The molecule has 0 aromatic carbocycles. The molecule has 0 bridgehead atoms. The van der Waals surface area contributed by atoms with Crippen molar-refractivity contribution in [3.63, 3.8) is 0 Å². The van der Waals surface area contributed by atoms with Crippen LogP contribution < -0.4 is 4.90 Å². The van der Waals surface area contributed by atoms with Gasteiger partial charge in [0.15, 0.2) is 6.29 Å². The second-order valence-corrected chi connectivity index (χ2v) is 3.85. The number of ether oxygens (including phenoxy) is 2. The number of methoxy groups -OCH3 is 2. The normalized spacial score (nSPS) is 10.4. The van der Waals surface area contributed by atoms with Crippen LogP contribution in [0.3, 0.4) is 0 Å². The van der Waals surface area contributed by atoms with Crippen LogP contribution in [0.2, 0.25) is 5.15 Å². The van der Waals surface area contributed by atoms with E-state index in [1.165, 1.54) is 6.33 Å². The van der Waals surface area contributed by atoms with Gasteiger partial charge in [0.2, 0.25) is 0 Å². The van der Waals surface area contributed by atoms with Gasteiger partial charge in [0.1, 0.15) is 17.3 Å². The van der Waals surface area contributed by atoms with Crippen molar-refractivity contribution in [3.05, 3.63) is 17.0 Å². The molecule has 0 amide bonds. The summed E-state index contributed by atoms with van der Waals surface area (Å²) in [7, 11) is 3.23. The van der Waals surface area contributed by atoms with Gasteiger partial charge in [-0.25, -0.2) is 9.97 Å². The molecule has 0 fully saturated rings. The molecule has 6 nitrogen and oxygen atoms in total. The third kappa shape index (κ3) is 3.90. The van der Waals surface area contributed by atoms with Crippen molar-refractivity contribution in [2.24, 2.45) is 0 Å². The number of halogens is 1. The molecule has 7 heteroatoms. The Morgan fingerprint density at radius 1 is 1.28 bits per heavy atom. The number of aromatic nitrogens is 2. The summed E-state index contributed by atoms with van der Waals surface area (Å²) in [6, 6.07) is 0. The van der Waals surface area contributed by atoms with Crippen molar-refractivity contribution in [3.8, 4) is 0 Å². The number of nitrogens with zero attached hydrogens (tertiary/aromatic N) is 3. The summed E-state index contributed by atoms with van der Waals surface area (Å²) in [4.78, 5) is 20.8. The minimum Gasteiger partial charge on any atom is -0.383 e. The Bertz CT molecular complexity index is 382. The predicted molar refractivity (Wildman–Crippen MR) is 68.4 cm³/mol. The lowest BCUT2D eigenvalue weighted by Crippen LogP contribution is -2.32. The average Bonchev–Trinajstić information content (AvgIpc) is 2.39. The van der Waals surface area contributed by atoms with Crippen LogP contribution in [0.1, 0.15) is 10.4 Å². The van der Waals surface area contributed by atoms with Crippen molar-refractivity contribution in [2.45, 2.75) is 0 Å². The molecule has 100 valence electrons. The van der Waals surface area contributed by atoms with Crippen LogP contribution >= 0.6 is 11.6 Å². The fourth-order valence-electron chi connectivity index (χ4n) is 1.45. The summed E-state index contributed by atoms with van der Waals surface area (Å²) in [5.74, 6) is 0.499. The summed E-state index contributed by atoms with van der Waals surface area (Å²) in [6.45, 7) is 2.22. The van der Waals surface area contributed by atoms with Crippen LogP contribution in [-0.4, -0.2) is 56.8 Å². The Balaban J connectivity index is 2.95. The molecule has 1 heterocycles. The highest BCUT2D eigenvalue weighted by Crippen LogP contribution is 2.21. The molecule has 0 spiro atoms.